The lowest BCUT2D eigenvalue weighted by Crippen LogP contribution is -2.40. The molecule has 12 heavy (non-hydrogen) atoms. The van der Waals surface area contributed by atoms with Gasteiger partial charge in [-0.05, 0) is 18.3 Å². The molecule has 3 nitrogen and oxygen atoms in total. The van der Waals surface area contributed by atoms with Gasteiger partial charge in [0.25, 0.3) is 0 Å². The van der Waals surface area contributed by atoms with Crippen LogP contribution in [0.4, 0.5) is 0 Å². The van der Waals surface area contributed by atoms with Crippen LogP contribution in [-0.2, 0) is 10.0 Å². The Bertz CT molecular complexity index is 246. The minimum Gasteiger partial charge on any atom is -0.214 e. The normalized spacial score (nSPS) is 21.8. The van der Waals surface area contributed by atoms with Crippen molar-refractivity contribution in [3.63, 3.8) is 0 Å². The average Bonchev–Trinajstić information content (AvgIpc) is 1.98. The van der Waals surface area contributed by atoms with Crippen molar-refractivity contribution in [2.24, 2.45) is 5.41 Å². The van der Waals surface area contributed by atoms with Gasteiger partial charge in [-0.2, -0.15) is 0 Å². The Morgan fingerprint density at radius 2 is 2.08 bits per heavy atom. The van der Waals surface area contributed by atoms with Crippen LogP contribution in [0.25, 0.3) is 0 Å². The third kappa shape index (κ3) is 2.61. The molecule has 1 N–H and O–H groups in total. The fourth-order valence-corrected chi connectivity index (χ4v) is 2.16. The molecule has 0 aromatic heterocycles. The van der Waals surface area contributed by atoms with Crippen LogP contribution < -0.4 is 4.72 Å². The second kappa shape index (κ2) is 3.52. The van der Waals surface area contributed by atoms with Gasteiger partial charge in [-0.15, -0.1) is 11.6 Å². The van der Waals surface area contributed by atoms with E-state index in [0.717, 1.165) is 12.8 Å². The molecule has 0 radical (unpaired) electrons. The zero-order valence-corrected chi connectivity index (χ0v) is 8.71. The lowest BCUT2D eigenvalue weighted by Gasteiger charge is -2.38. The standard InChI is InChI=1S/C7H14ClNO2S/c1-7(3-2-4-7)5-9-12(10,11)6-8/h9H,2-6H2,1H3. The van der Waals surface area contributed by atoms with Crippen molar-refractivity contribution in [2.45, 2.75) is 26.2 Å². The fourth-order valence-electron chi connectivity index (χ4n) is 1.28. The third-order valence-corrected chi connectivity index (χ3v) is 4.16. The molecule has 1 aliphatic carbocycles. The molecular formula is C7H14ClNO2S. The summed E-state index contributed by atoms with van der Waals surface area (Å²) in [5.74, 6) is 0. The van der Waals surface area contributed by atoms with Gasteiger partial charge in [0.15, 0.2) is 0 Å². The van der Waals surface area contributed by atoms with Crippen LogP contribution in [0.2, 0.25) is 0 Å². The maximum Gasteiger partial charge on any atom is 0.225 e. The van der Waals surface area contributed by atoms with Gasteiger partial charge in [-0.1, -0.05) is 13.3 Å². The zero-order chi connectivity index (χ0) is 9.24. The van der Waals surface area contributed by atoms with Gasteiger partial charge in [-0.25, -0.2) is 13.1 Å². The smallest absolute Gasteiger partial charge is 0.214 e. The van der Waals surface area contributed by atoms with E-state index < -0.39 is 10.0 Å². The van der Waals surface area contributed by atoms with Crippen LogP contribution in [0.5, 0.6) is 0 Å². The molecule has 1 aliphatic rings. The topological polar surface area (TPSA) is 46.2 Å². The van der Waals surface area contributed by atoms with Crippen molar-refractivity contribution in [1.82, 2.24) is 4.72 Å². The minimum atomic E-state index is -3.21. The van der Waals surface area contributed by atoms with E-state index in [-0.39, 0.29) is 10.6 Å². The third-order valence-electron chi connectivity index (χ3n) is 2.42. The first-order valence-electron chi connectivity index (χ1n) is 4.01. The Labute approximate surface area is 78.5 Å². The molecule has 0 aromatic carbocycles. The number of hydrogen-bond donors (Lipinski definition) is 1. The summed E-state index contributed by atoms with van der Waals surface area (Å²) < 4.78 is 24.4. The number of nitrogens with one attached hydrogen (secondary N) is 1. The molecule has 0 spiro atoms. The average molecular weight is 212 g/mol. The molecule has 0 heterocycles. The number of alkyl halides is 1. The van der Waals surface area contributed by atoms with Crippen LogP contribution >= 0.6 is 11.6 Å². The molecule has 0 aliphatic heterocycles. The van der Waals surface area contributed by atoms with Crippen LogP contribution in [-0.4, -0.2) is 20.2 Å². The van der Waals surface area contributed by atoms with E-state index in [9.17, 15) is 8.42 Å². The minimum absolute atomic E-state index is 0.180. The molecule has 1 fully saturated rings. The summed E-state index contributed by atoms with van der Waals surface area (Å²) in [4.78, 5) is 0. The quantitative estimate of drug-likeness (QED) is 0.713. The van der Waals surface area contributed by atoms with E-state index in [0.29, 0.717) is 6.54 Å². The van der Waals surface area contributed by atoms with Crippen molar-refractivity contribution < 1.29 is 8.42 Å². The van der Waals surface area contributed by atoms with Gasteiger partial charge < -0.3 is 0 Å². The summed E-state index contributed by atoms with van der Waals surface area (Å²) in [6.45, 7) is 2.62. The fraction of sp³-hybridized carbons (Fsp3) is 1.00. The molecular weight excluding hydrogens is 198 g/mol. The van der Waals surface area contributed by atoms with E-state index in [1.807, 2.05) is 0 Å². The summed E-state index contributed by atoms with van der Waals surface area (Å²) >= 11 is 5.23. The van der Waals surface area contributed by atoms with E-state index in [4.69, 9.17) is 11.6 Å². The first-order chi connectivity index (χ1) is 5.47. The van der Waals surface area contributed by atoms with Crippen molar-refractivity contribution in [2.75, 3.05) is 11.8 Å². The predicted octanol–water partition coefficient (Wildman–Crippen LogP) is 1.29. The number of halogens is 1. The lowest BCUT2D eigenvalue weighted by molar-refractivity contribution is 0.166. The molecule has 0 saturated heterocycles. The van der Waals surface area contributed by atoms with Gasteiger partial charge in [0, 0.05) is 6.54 Å². The Hall–Kier alpha value is 0.200. The summed E-state index contributed by atoms with van der Waals surface area (Å²) in [7, 11) is -3.21. The highest BCUT2D eigenvalue weighted by molar-refractivity contribution is 7.90. The zero-order valence-electron chi connectivity index (χ0n) is 7.14. The molecule has 0 unspecified atom stereocenters. The highest BCUT2D eigenvalue weighted by Gasteiger charge is 2.32. The van der Waals surface area contributed by atoms with E-state index >= 15 is 0 Å². The summed E-state index contributed by atoms with van der Waals surface area (Å²) in [5.41, 5.74) is 0.180. The maximum atomic E-state index is 10.9. The van der Waals surface area contributed by atoms with Gasteiger partial charge in [0.05, 0.1) is 0 Å². The lowest BCUT2D eigenvalue weighted by atomic mass is 9.71. The summed E-state index contributed by atoms with van der Waals surface area (Å²) in [6, 6.07) is 0. The maximum absolute atomic E-state index is 10.9. The van der Waals surface area contributed by atoms with E-state index in [2.05, 4.69) is 11.6 Å². The van der Waals surface area contributed by atoms with E-state index in [1.165, 1.54) is 6.42 Å². The predicted molar refractivity (Wildman–Crippen MR) is 49.6 cm³/mol. The Kier molecular flexibility index (Phi) is 3.01. The molecule has 0 amide bonds. The Morgan fingerprint density at radius 3 is 2.42 bits per heavy atom. The van der Waals surface area contributed by atoms with Crippen molar-refractivity contribution in [3.8, 4) is 0 Å². The highest BCUT2D eigenvalue weighted by Crippen LogP contribution is 2.39. The van der Waals surface area contributed by atoms with Crippen LogP contribution in [0.15, 0.2) is 0 Å². The molecule has 0 aromatic rings. The summed E-state index contributed by atoms with van der Waals surface area (Å²) in [6.07, 6.45) is 3.43. The molecule has 1 saturated carbocycles. The molecule has 0 atom stereocenters. The largest absolute Gasteiger partial charge is 0.225 e. The van der Waals surface area contributed by atoms with Gasteiger partial charge in [0.2, 0.25) is 10.0 Å². The highest BCUT2D eigenvalue weighted by atomic mass is 35.5. The number of rotatable bonds is 4. The first-order valence-corrected chi connectivity index (χ1v) is 6.19. The van der Waals surface area contributed by atoms with Crippen LogP contribution in [0, 0.1) is 5.41 Å². The number of hydrogen-bond acceptors (Lipinski definition) is 2. The molecule has 1 rings (SSSR count). The van der Waals surface area contributed by atoms with Gasteiger partial charge in [0.1, 0.15) is 5.21 Å². The van der Waals surface area contributed by atoms with Crippen molar-refractivity contribution >= 4 is 21.6 Å². The molecule has 5 heteroatoms. The van der Waals surface area contributed by atoms with Gasteiger partial charge in [-0.3, -0.25) is 0 Å². The monoisotopic (exact) mass is 211 g/mol. The van der Waals surface area contributed by atoms with Gasteiger partial charge >= 0.3 is 0 Å². The van der Waals surface area contributed by atoms with Crippen molar-refractivity contribution in [1.29, 1.82) is 0 Å². The second-order valence-electron chi connectivity index (χ2n) is 3.71. The number of sulfonamides is 1. The molecule has 0 bridgehead atoms. The second-order valence-corrected chi connectivity index (χ2v) is 6.10. The Balaban J connectivity index is 2.35. The summed E-state index contributed by atoms with van der Waals surface area (Å²) in [5, 5.41) is -0.344. The Morgan fingerprint density at radius 1 is 1.50 bits per heavy atom. The first kappa shape index (κ1) is 10.3. The SMILES string of the molecule is CC1(CNS(=O)(=O)CCl)CCC1. The van der Waals surface area contributed by atoms with Crippen molar-refractivity contribution in [3.05, 3.63) is 0 Å². The molecule has 72 valence electrons. The van der Waals surface area contributed by atoms with Crippen LogP contribution in [0.3, 0.4) is 0 Å². The van der Waals surface area contributed by atoms with E-state index in [1.54, 1.807) is 0 Å². The van der Waals surface area contributed by atoms with Crippen LogP contribution in [0.1, 0.15) is 26.2 Å².